The van der Waals surface area contributed by atoms with Crippen LogP contribution in [0.4, 0.5) is 0 Å². The Kier molecular flexibility index (Phi) is 20.1. The van der Waals surface area contributed by atoms with Gasteiger partial charge in [0.05, 0.1) is 0 Å². The van der Waals surface area contributed by atoms with Crippen LogP contribution < -0.4 is 5.32 Å². The fraction of sp³-hybridized carbons (Fsp3) is 0.923. The number of nitrogens with one attached hydrogen (secondary N) is 1. The molecule has 29 heavy (non-hydrogen) atoms. The van der Waals surface area contributed by atoms with Crippen LogP contribution >= 0.6 is 0 Å². The molecule has 0 fully saturated rings. The molecule has 0 heterocycles. The van der Waals surface area contributed by atoms with Crippen molar-refractivity contribution in [3.8, 4) is 0 Å². The molecular formula is C26H53N3. The van der Waals surface area contributed by atoms with Crippen molar-refractivity contribution in [3.63, 3.8) is 0 Å². The minimum atomic E-state index is 0.603. The molecule has 0 aromatic heterocycles. The van der Waals surface area contributed by atoms with Gasteiger partial charge in [-0.25, -0.2) is 0 Å². The number of hydrogen-bond donors (Lipinski definition) is 1. The van der Waals surface area contributed by atoms with E-state index in [0.717, 1.165) is 13.1 Å². The van der Waals surface area contributed by atoms with Gasteiger partial charge in [-0.2, -0.15) is 0 Å². The minimum Gasteiger partial charge on any atom is -0.317 e. The molecule has 0 atom stereocenters. The predicted molar refractivity (Wildman–Crippen MR) is 134 cm³/mol. The maximum atomic E-state index is 4.64. The Morgan fingerprint density at radius 2 is 0.828 bits per heavy atom. The van der Waals surface area contributed by atoms with E-state index in [1.165, 1.54) is 102 Å². The molecule has 0 aliphatic carbocycles. The van der Waals surface area contributed by atoms with Gasteiger partial charge in [-0.15, -0.1) is 0 Å². The van der Waals surface area contributed by atoms with E-state index < -0.39 is 0 Å². The Balaban J connectivity index is 3.19. The summed E-state index contributed by atoms with van der Waals surface area (Å²) < 4.78 is 0. The molecule has 0 aromatic rings. The second kappa shape index (κ2) is 20.6. The third-order valence-electron chi connectivity index (χ3n) is 5.92. The molecule has 0 bridgehead atoms. The van der Waals surface area contributed by atoms with E-state index in [-0.39, 0.29) is 0 Å². The third kappa shape index (κ3) is 20.4. The van der Waals surface area contributed by atoms with Gasteiger partial charge >= 0.3 is 0 Å². The van der Waals surface area contributed by atoms with Crippen LogP contribution in [0.2, 0.25) is 0 Å². The summed E-state index contributed by atoms with van der Waals surface area (Å²) in [6.45, 7) is 17.7. The van der Waals surface area contributed by atoms with Gasteiger partial charge in [0, 0.05) is 24.5 Å². The van der Waals surface area contributed by atoms with E-state index in [0.29, 0.717) is 11.8 Å². The first-order chi connectivity index (χ1) is 13.9. The monoisotopic (exact) mass is 407 g/mol. The van der Waals surface area contributed by atoms with E-state index in [1.807, 2.05) is 0 Å². The Hall–Kier alpha value is -0.700. The Bertz CT molecular complexity index is 372. The van der Waals surface area contributed by atoms with Crippen molar-refractivity contribution in [2.75, 3.05) is 26.2 Å². The van der Waals surface area contributed by atoms with Crippen molar-refractivity contribution < 1.29 is 0 Å². The molecule has 0 aliphatic heterocycles. The lowest BCUT2D eigenvalue weighted by molar-refractivity contribution is 0.540. The number of unbranched alkanes of at least 4 members (excludes halogenated alkanes) is 10. The average molecular weight is 408 g/mol. The molecule has 0 amide bonds. The lowest BCUT2D eigenvalue weighted by atomic mass is 10.1. The maximum Gasteiger partial charge on any atom is 0.0388 e. The first kappa shape index (κ1) is 28.3. The van der Waals surface area contributed by atoms with Gasteiger partial charge in [0.25, 0.3) is 0 Å². The van der Waals surface area contributed by atoms with E-state index in [1.54, 1.807) is 0 Å². The maximum absolute atomic E-state index is 4.64. The highest BCUT2D eigenvalue weighted by molar-refractivity contribution is 5.84. The number of hydrogen-bond acceptors (Lipinski definition) is 3. The summed E-state index contributed by atoms with van der Waals surface area (Å²) in [7, 11) is 0. The molecule has 0 unspecified atom stereocenters. The quantitative estimate of drug-likeness (QED) is 0.165. The molecule has 0 aromatic carbocycles. The van der Waals surface area contributed by atoms with E-state index in [2.05, 4.69) is 56.8 Å². The first-order valence-corrected chi connectivity index (χ1v) is 12.7. The SMILES string of the molecule is CC(=NCCCCCCCCNCCCCCCCCN=C(C)C(C)C)C(C)C. The van der Waals surface area contributed by atoms with Crippen LogP contribution in [0.15, 0.2) is 9.98 Å². The van der Waals surface area contributed by atoms with E-state index in [9.17, 15) is 0 Å². The molecular weight excluding hydrogens is 354 g/mol. The van der Waals surface area contributed by atoms with Crippen molar-refractivity contribution in [3.05, 3.63) is 0 Å². The van der Waals surface area contributed by atoms with Crippen molar-refractivity contribution in [1.29, 1.82) is 0 Å². The third-order valence-corrected chi connectivity index (χ3v) is 5.92. The van der Waals surface area contributed by atoms with E-state index in [4.69, 9.17) is 0 Å². The first-order valence-electron chi connectivity index (χ1n) is 12.7. The molecule has 3 heteroatoms. The van der Waals surface area contributed by atoms with Gasteiger partial charge in [0.1, 0.15) is 0 Å². The topological polar surface area (TPSA) is 36.8 Å². The lowest BCUT2D eigenvalue weighted by Gasteiger charge is -2.06. The van der Waals surface area contributed by atoms with Gasteiger partial charge in [-0.1, -0.05) is 79.1 Å². The van der Waals surface area contributed by atoms with Crippen LogP contribution in [0.1, 0.15) is 119 Å². The summed E-state index contributed by atoms with van der Waals surface area (Å²) in [6, 6.07) is 0. The molecule has 0 saturated heterocycles. The van der Waals surface area contributed by atoms with Crippen LogP contribution in [0.5, 0.6) is 0 Å². The van der Waals surface area contributed by atoms with Gasteiger partial charge in [-0.05, 0) is 64.5 Å². The molecule has 3 nitrogen and oxygen atoms in total. The summed E-state index contributed by atoms with van der Waals surface area (Å²) in [5.41, 5.74) is 2.61. The molecule has 0 rings (SSSR count). The number of rotatable bonds is 20. The average Bonchev–Trinajstić information content (AvgIpc) is 2.69. The van der Waals surface area contributed by atoms with Crippen molar-refractivity contribution >= 4 is 11.4 Å². The lowest BCUT2D eigenvalue weighted by Crippen LogP contribution is -2.16. The zero-order chi connectivity index (χ0) is 21.7. The van der Waals surface area contributed by atoms with Gasteiger partial charge < -0.3 is 5.32 Å². The Morgan fingerprint density at radius 3 is 1.17 bits per heavy atom. The molecule has 0 spiro atoms. The van der Waals surface area contributed by atoms with Gasteiger partial charge in [0.2, 0.25) is 0 Å². The largest absolute Gasteiger partial charge is 0.317 e. The standard InChI is InChI=1S/C26H53N3/c1-23(2)25(5)28-21-17-13-9-7-11-15-19-27-20-16-12-8-10-14-18-22-29-26(6)24(3)4/h23-24,27H,7-22H2,1-6H3. The highest BCUT2D eigenvalue weighted by Crippen LogP contribution is 2.07. The zero-order valence-electron chi connectivity index (χ0n) is 20.9. The Labute approximate surface area is 183 Å². The fourth-order valence-electron chi connectivity index (χ4n) is 3.14. The summed E-state index contributed by atoms with van der Waals surface area (Å²) in [5.74, 6) is 1.21. The summed E-state index contributed by atoms with van der Waals surface area (Å²) >= 11 is 0. The van der Waals surface area contributed by atoms with E-state index >= 15 is 0 Å². The van der Waals surface area contributed by atoms with Gasteiger partial charge in [0.15, 0.2) is 0 Å². The molecule has 0 saturated carbocycles. The number of aliphatic imine (C=N–C) groups is 2. The fourth-order valence-corrected chi connectivity index (χ4v) is 3.14. The second-order valence-electron chi connectivity index (χ2n) is 9.35. The van der Waals surface area contributed by atoms with Crippen LogP contribution in [0.25, 0.3) is 0 Å². The smallest absolute Gasteiger partial charge is 0.0388 e. The summed E-state index contributed by atoms with van der Waals surface area (Å²) in [4.78, 5) is 9.29. The van der Waals surface area contributed by atoms with Crippen molar-refractivity contribution in [1.82, 2.24) is 5.32 Å². The van der Waals surface area contributed by atoms with Crippen molar-refractivity contribution in [2.24, 2.45) is 21.8 Å². The molecule has 1 N–H and O–H groups in total. The highest BCUT2D eigenvalue weighted by Gasteiger charge is 1.98. The normalized spacial score (nSPS) is 13.1. The zero-order valence-corrected chi connectivity index (χ0v) is 20.9. The highest BCUT2D eigenvalue weighted by atomic mass is 14.8. The van der Waals surface area contributed by atoms with Crippen LogP contribution in [-0.2, 0) is 0 Å². The predicted octanol–water partition coefficient (Wildman–Crippen LogP) is 7.49. The van der Waals surface area contributed by atoms with Gasteiger partial charge in [-0.3, -0.25) is 9.98 Å². The van der Waals surface area contributed by atoms with Crippen LogP contribution in [-0.4, -0.2) is 37.6 Å². The summed E-state index contributed by atoms with van der Waals surface area (Å²) in [5, 5.41) is 3.62. The Morgan fingerprint density at radius 1 is 0.517 bits per heavy atom. The summed E-state index contributed by atoms with van der Waals surface area (Å²) in [6.07, 6.45) is 16.1. The second-order valence-corrected chi connectivity index (χ2v) is 9.35. The number of nitrogens with zero attached hydrogens (tertiary/aromatic N) is 2. The minimum absolute atomic E-state index is 0.603. The molecule has 172 valence electrons. The van der Waals surface area contributed by atoms with Crippen molar-refractivity contribution in [2.45, 2.75) is 119 Å². The molecule has 0 radical (unpaired) electrons. The molecule has 0 aliphatic rings. The van der Waals surface area contributed by atoms with Crippen LogP contribution in [0, 0.1) is 11.8 Å². The van der Waals surface area contributed by atoms with Crippen LogP contribution in [0.3, 0.4) is 0 Å².